The molecule has 0 radical (unpaired) electrons. The Morgan fingerprint density at radius 2 is 0.543 bits per heavy atom. The molecule has 4 aromatic rings. The zero-order valence-electron chi connectivity index (χ0n) is 17.4. The summed E-state index contributed by atoms with van der Waals surface area (Å²) in [6.07, 6.45) is 7.07. The zero-order chi connectivity index (χ0) is 25.5. The van der Waals surface area contributed by atoms with Crippen LogP contribution in [0.2, 0.25) is 0 Å². The number of pyridine rings is 4. The van der Waals surface area contributed by atoms with Gasteiger partial charge in [-0.05, 0) is 48.5 Å². The molecule has 0 atom stereocenters. The van der Waals surface area contributed by atoms with Crippen LogP contribution in [0.15, 0.2) is 97.6 Å². The van der Waals surface area contributed by atoms with E-state index in [1.165, 1.54) is 0 Å². The Kier molecular flexibility index (Phi) is 15.9. The third-order valence-electron chi connectivity index (χ3n) is 3.18. The summed E-state index contributed by atoms with van der Waals surface area (Å²) < 4.78 is 67.9. The second-order valence-corrected chi connectivity index (χ2v) is 7.13. The summed E-state index contributed by atoms with van der Waals surface area (Å²) in [5.74, 6) is 0. The molecule has 15 heteroatoms. The van der Waals surface area contributed by atoms with Crippen molar-refractivity contribution in [3.63, 3.8) is 0 Å². The van der Waals surface area contributed by atoms with Gasteiger partial charge >= 0.3 is 21.1 Å². The fraction of sp³-hybridized carbons (Fsp3) is 0. The number of nitrogens with zero attached hydrogens (tertiary/aromatic N) is 4. The van der Waals surface area contributed by atoms with E-state index in [0.29, 0.717) is 0 Å². The molecular formula is C20H16Cl2N4O8Pt. The summed E-state index contributed by atoms with van der Waals surface area (Å²) in [6.45, 7) is 0. The largest absolute Gasteiger partial charge is 2.00 e. The Hall–Kier alpha value is -2.45. The van der Waals surface area contributed by atoms with Gasteiger partial charge in [0.05, 0.1) is 22.8 Å². The van der Waals surface area contributed by atoms with Crippen molar-refractivity contribution >= 4 is 0 Å². The molecule has 0 aliphatic carbocycles. The number of hydrogen-bond acceptors (Lipinski definition) is 12. The van der Waals surface area contributed by atoms with Crippen molar-refractivity contribution in [3.05, 3.63) is 97.6 Å². The summed E-state index contributed by atoms with van der Waals surface area (Å²) in [7, 11) is -9.89. The van der Waals surface area contributed by atoms with Crippen molar-refractivity contribution in [2.75, 3.05) is 0 Å². The molecule has 4 heterocycles. The van der Waals surface area contributed by atoms with E-state index in [0.717, 1.165) is 22.8 Å². The van der Waals surface area contributed by atoms with Crippen LogP contribution in [-0.4, -0.2) is 19.9 Å². The molecule has 0 saturated heterocycles. The van der Waals surface area contributed by atoms with Crippen molar-refractivity contribution < 1.29 is 78.8 Å². The van der Waals surface area contributed by atoms with Gasteiger partial charge in [0.15, 0.2) is 0 Å². The molecule has 12 nitrogen and oxygen atoms in total. The number of rotatable bonds is 2. The molecule has 35 heavy (non-hydrogen) atoms. The first-order valence-corrected chi connectivity index (χ1v) is 11.3. The predicted molar refractivity (Wildman–Crippen MR) is 94.9 cm³/mol. The molecule has 0 bridgehead atoms. The average Bonchev–Trinajstić information content (AvgIpc) is 2.80. The first-order valence-electron chi connectivity index (χ1n) is 8.82. The van der Waals surface area contributed by atoms with E-state index < -0.39 is 20.5 Å². The van der Waals surface area contributed by atoms with Gasteiger partial charge in [-0.2, -0.15) is 0 Å². The van der Waals surface area contributed by atoms with Crippen LogP contribution in [0.4, 0.5) is 0 Å². The molecule has 0 N–H and O–H groups in total. The molecule has 0 unspecified atom stereocenters. The standard InChI is InChI=1S/2C10H8N2.2ClHO4.Pt/c2*1-3-7-11-9(5-1)10-6-2-4-8-12-10;2*2-1(3,4)5;/h2*1-8H;2*(H,2,3,4,5);/q;;;;+2/p-2. The van der Waals surface area contributed by atoms with Crippen LogP contribution in [0.5, 0.6) is 0 Å². The summed E-state index contributed by atoms with van der Waals surface area (Å²) in [5.41, 5.74) is 3.66. The van der Waals surface area contributed by atoms with E-state index in [1.807, 2.05) is 72.8 Å². The fourth-order valence-electron chi connectivity index (χ4n) is 2.06. The first kappa shape index (κ1) is 32.5. The van der Waals surface area contributed by atoms with Crippen LogP contribution in [0, 0.1) is 20.5 Å². The van der Waals surface area contributed by atoms with Crippen LogP contribution in [0.1, 0.15) is 0 Å². The van der Waals surface area contributed by atoms with E-state index in [9.17, 15) is 0 Å². The molecule has 0 aliphatic heterocycles. The smallest absolute Gasteiger partial charge is 0.255 e. The van der Waals surface area contributed by atoms with Crippen LogP contribution in [0.25, 0.3) is 22.8 Å². The van der Waals surface area contributed by atoms with Gasteiger partial charge in [0, 0.05) is 24.8 Å². The maximum atomic E-state index is 8.49. The molecule has 0 spiro atoms. The predicted octanol–water partition coefficient (Wildman–Crippen LogP) is -5.23. The summed E-state index contributed by atoms with van der Waals surface area (Å²) in [5, 5.41) is 0. The summed E-state index contributed by atoms with van der Waals surface area (Å²) in [4.78, 5) is 16.7. The minimum atomic E-state index is -4.94. The van der Waals surface area contributed by atoms with Gasteiger partial charge in [0.1, 0.15) is 0 Å². The fourth-order valence-corrected chi connectivity index (χ4v) is 2.06. The van der Waals surface area contributed by atoms with Crippen LogP contribution < -0.4 is 37.3 Å². The topological polar surface area (TPSA) is 236 Å². The third kappa shape index (κ3) is 19.5. The van der Waals surface area contributed by atoms with Crippen LogP contribution in [-0.2, 0) is 21.1 Å². The molecule has 0 aromatic carbocycles. The molecule has 4 rings (SSSR count). The van der Waals surface area contributed by atoms with Gasteiger partial charge in [-0.3, -0.25) is 19.9 Å². The molecule has 4 aromatic heterocycles. The minimum Gasteiger partial charge on any atom is -0.255 e. The molecule has 0 saturated carbocycles. The van der Waals surface area contributed by atoms with Gasteiger partial charge < -0.3 is 0 Å². The van der Waals surface area contributed by atoms with Gasteiger partial charge in [-0.25, -0.2) is 37.3 Å². The SMILES string of the molecule is [O-][Cl+3]([O-])([O-])[O-].[O-][Cl+3]([O-])([O-])[O-].[Pt+2].c1ccc(-c2ccccn2)nc1.c1ccc(-c2ccccn2)nc1. The number of hydrogen-bond donors (Lipinski definition) is 0. The molecule has 0 fully saturated rings. The molecule has 0 amide bonds. The Labute approximate surface area is 218 Å². The van der Waals surface area contributed by atoms with Crippen molar-refractivity contribution in [1.29, 1.82) is 0 Å². The van der Waals surface area contributed by atoms with E-state index in [-0.39, 0.29) is 21.1 Å². The molecule has 188 valence electrons. The second kappa shape index (κ2) is 17.1. The van der Waals surface area contributed by atoms with E-state index in [4.69, 9.17) is 37.3 Å². The van der Waals surface area contributed by atoms with Crippen molar-refractivity contribution in [1.82, 2.24) is 19.9 Å². The molecule has 0 aliphatic rings. The minimum absolute atomic E-state index is 0. The van der Waals surface area contributed by atoms with Gasteiger partial charge in [-0.15, -0.1) is 20.5 Å². The van der Waals surface area contributed by atoms with E-state index >= 15 is 0 Å². The monoisotopic (exact) mass is 705 g/mol. The maximum Gasteiger partial charge on any atom is 2.00 e. The van der Waals surface area contributed by atoms with Crippen molar-refractivity contribution in [2.45, 2.75) is 0 Å². The maximum absolute atomic E-state index is 8.49. The van der Waals surface area contributed by atoms with Gasteiger partial charge in [0.25, 0.3) is 0 Å². The van der Waals surface area contributed by atoms with Gasteiger partial charge in [-0.1, -0.05) is 24.3 Å². The number of halogens is 2. The first-order chi connectivity index (χ1) is 15.9. The Balaban J connectivity index is 0.000000475. The normalized spacial score (nSPS) is 10.1. The van der Waals surface area contributed by atoms with Crippen molar-refractivity contribution in [2.24, 2.45) is 0 Å². The molecular weight excluding hydrogens is 690 g/mol. The second-order valence-electron chi connectivity index (χ2n) is 5.62. The average molecular weight is 706 g/mol. The van der Waals surface area contributed by atoms with Crippen molar-refractivity contribution in [3.8, 4) is 22.8 Å². The van der Waals surface area contributed by atoms with E-state index in [2.05, 4.69) is 19.9 Å². The van der Waals surface area contributed by atoms with Crippen LogP contribution >= 0.6 is 0 Å². The quantitative estimate of drug-likeness (QED) is 0.190. The summed E-state index contributed by atoms with van der Waals surface area (Å²) in [6, 6.07) is 23.2. The Morgan fingerprint density at radius 1 is 0.371 bits per heavy atom. The van der Waals surface area contributed by atoms with Gasteiger partial charge in [0.2, 0.25) is 0 Å². The zero-order valence-corrected chi connectivity index (χ0v) is 21.1. The summed E-state index contributed by atoms with van der Waals surface area (Å²) >= 11 is 0. The van der Waals surface area contributed by atoms with Crippen LogP contribution in [0.3, 0.4) is 0 Å². The van der Waals surface area contributed by atoms with E-state index in [1.54, 1.807) is 24.8 Å². The number of aromatic nitrogens is 4. The Morgan fingerprint density at radius 3 is 0.657 bits per heavy atom. The third-order valence-corrected chi connectivity index (χ3v) is 3.18. The Bertz CT molecular complexity index is 873.